The molecule has 2 N–H and O–H groups in total. The number of nitrogens with two attached hydrogens (primary N) is 1. The van der Waals surface area contributed by atoms with E-state index >= 15 is 0 Å². The van der Waals surface area contributed by atoms with Crippen LogP contribution in [-0.2, 0) is 6.54 Å². The first-order chi connectivity index (χ1) is 6.22. The van der Waals surface area contributed by atoms with Crippen LogP contribution in [0.3, 0.4) is 0 Å². The highest BCUT2D eigenvalue weighted by Crippen LogP contribution is 2.08. The fraction of sp³-hybridized carbons (Fsp3) is 0.600. The molecule has 3 heteroatoms. The van der Waals surface area contributed by atoms with Gasteiger partial charge in [0.2, 0.25) is 0 Å². The lowest BCUT2D eigenvalue weighted by Gasteiger charge is -2.19. The van der Waals surface area contributed by atoms with E-state index in [9.17, 15) is 0 Å². The summed E-state index contributed by atoms with van der Waals surface area (Å²) in [6, 6.07) is 2.47. The lowest BCUT2D eigenvalue weighted by molar-refractivity contribution is 0.301. The van der Waals surface area contributed by atoms with Gasteiger partial charge in [-0.3, -0.25) is 0 Å². The summed E-state index contributed by atoms with van der Waals surface area (Å²) < 4.78 is 0. The Labute approximate surface area is 84.4 Å². The van der Waals surface area contributed by atoms with Gasteiger partial charge in [-0.25, -0.2) is 0 Å². The Hall–Kier alpha value is -0.380. The number of thiophene rings is 1. The van der Waals surface area contributed by atoms with Gasteiger partial charge >= 0.3 is 0 Å². The molecular weight excluding hydrogens is 180 g/mol. The molecule has 0 spiro atoms. The van der Waals surface area contributed by atoms with E-state index in [-0.39, 0.29) is 0 Å². The van der Waals surface area contributed by atoms with Crippen LogP contribution in [0.15, 0.2) is 16.8 Å². The molecule has 0 aliphatic rings. The molecule has 74 valence electrons. The normalized spacial score (nSPS) is 13.5. The summed E-state index contributed by atoms with van der Waals surface area (Å²) in [6.07, 6.45) is 1.05. The minimum atomic E-state index is 0.309. The van der Waals surface area contributed by atoms with E-state index in [0.29, 0.717) is 6.04 Å². The smallest absolute Gasteiger partial charge is 0.0239 e. The van der Waals surface area contributed by atoms with Crippen molar-refractivity contribution in [2.24, 2.45) is 5.73 Å². The molecule has 1 aromatic rings. The Kier molecular flexibility index (Phi) is 4.42. The van der Waals surface area contributed by atoms with Crippen molar-refractivity contribution >= 4 is 11.3 Å². The van der Waals surface area contributed by atoms with Crippen LogP contribution in [0.4, 0.5) is 0 Å². The van der Waals surface area contributed by atoms with Crippen molar-refractivity contribution < 1.29 is 0 Å². The number of hydrogen-bond donors (Lipinski definition) is 1. The van der Waals surface area contributed by atoms with E-state index in [4.69, 9.17) is 5.73 Å². The van der Waals surface area contributed by atoms with Gasteiger partial charge in [0.05, 0.1) is 0 Å². The predicted octanol–water partition coefficient (Wildman–Crippen LogP) is 1.92. The summed E-state index contributed by atoms with van der Waals surface area (Å²) in [4.78, 5) is 2.27. The van der Waals surface area contributed by atoms with Crippen molar-refractivity contribution in [1.29, 1.82) is 0 Å². The summed E-state index contributed by atoms with van der Waals surface area (Å²) in [5, 5.41) is 4.30. The number of nitrogens with zero attached hydrogens (tertiary/aromatic N) is 1. The van der Waals surface area contributed by atoms with Crippen LogP contribution in [0.25, 0.3) is 0 Å². The van der Waals surface area contributed by atoms with E-state index in [1.165, 1.54) is 5.56 Å². The lowest BCUT2D eigenvalue weighted by Crippen LogP contribution is -2.34. The average molecular weight is 198 g/mol. The van der Waals surface area contributed by atoms with Crippen molar-refractivity contribution in [3.63, 3.8) is 0 Å². The largest absolute Gasteiger partial charge is 0.327 e. The summed E-state index contributed by atoms with van der Waals surface area (Å²) in [5.74, 6) is 0. The molecule has 0 radical (unpaired) electrons. The molecule has 0 saturated heterocycles. The molecule has 0 aromatic carbocycles. The van der Waals surface area contributed by atoms with Crippen LogP contribution in [-0.4, -0.2) is 24.5 Å². The molecule has 0 fully saturated rings. The van der Waals surface area contributed by atoms with E-state index in [0.717, 1.165) is 19.5 Å². The van der Waals surface area contributed by atoms with E-state index < -0.39 is 0 Å². The van der Waals surface area contributed by atoms with Crippen LogP contribution >= 0.6 is 11.3 Å². The Morgan fingerprint density at radius 3 is 2.92 bits per heavy atom. The highest BCUT2D eigenvalue weighted by Gasteiger charge is 2.04. The minimum Gasteiger partial charge on any atom is -0.327 e. The molecule has 0 amide bonds. The highest BCUT2D eigenvalue weighted by atomic mass is 32.1. The van der Waals surface area contributed by atoms with Crippen molar-refractivity contribution in [2.75, 3.05) is 13.6 Å². The standard InChI is InChI=1S/C10H18N2S/c1-3-10(11)7-12(2)6-9-4-5-13-8-9/h4-5,8,10H,3,6-7,11H2,1-2H3. The maximum Gasteiger partial charge on any atom is 0.0239 e. The van der Waals surface area contributed by atoms with Crippen molar-refractivity contribution in [1.82, 2.24) is 4.90 Å². The Morgan fingerprint density at radius 2 is 2.38 bits per heavy atom. The molecule has 1 aromatic heterocycles. The fourth-order valence-electron chi connectivity index (χ4n) is 1.29. The number of hydrogen-bond acceptors (Lipinski definition) is 3. The zero-order chi connectivity index (χ0) is 9.68. The number of rotatable bonds is 5. The molecule has 0 saturated carbocycles. The highest BCUT2D eigenvalue weighted by molar-refractivity contribution is 7.07. The van der Waals surface area contributed by atoms with Crippen molar-refractivity contribution in [3.8, 4) is 0 Å². The summed E-state index contributed by atoms with van der Waals surface area (Å²) in [5.41, 5.74) is 7.25. The van der Waals surface area contributed by atoms with E-state index in [1.807, 2.05) is 0 Å². The van der Waals surface area contributed by atoms with Gasteiger partial charge in [-0.15, -0.1) is 0 Å². The fourth-order valence-corrected chi connectivity index (χ4v) is 1.95. The first-order valence-electron chi connectivity index (χ1n) is 4.67. The van der Waals surface area contributed by atoms with Gasteiger partial charge in [-0.05, 0) is 35.9 Å². The van der Waals surface area contributed by atoms with Gasteiger partial charge < -0.3 is 10.6 Å². The van der Waals surface area contributed by atoms with E-state index in [2.05, 4.69) is 35.7 Å². The molecule has 0 aliphatic heterocycles. The maximum atomic E-state index is 5.86. The molecule has 1 rings (SSSR count). The Bertz CT molecular complexity index is 221. The Morgan fingerprint density at radius 1 is 1.62 bits per heavy atom. The quantitative estimate of drug-likeness (QED) is 0.783. The van der Waals surface area contributed by atoms with Gasteiger partial charge in [0.1, 0.15) is 0 Å². The average Bonchev–Trinajstić information content (AvgIpc) is 2.56. The second kappa shape index (κ2) is 5.37. The van der Waals surface area contributed by atoms with Gasteiger partial charge in [0.15, 0.2) is 0 Å². The van der Waals surface area contributed by atoms with Crippen LogP contribution in [0.1, 0.15) is 18.9 Å². The number of likely N-dealkylation sites (N-methyl/N-ethyl adjacent to an activating group) is 1. The molecule has 0 aliphatic carbocycles. The zero-order valence-corrected chi connectivity index (χ0v) is 9.18. The summed E-state index contributed by atoms with van der Waals surface area (Å²) in [7, 11) is 2.12. The third-order valence-corrected chi connectivity index (χ3v) is 2.84. The molecule has 0 bridgehead atoms. The molecule has 1 unspecified atom stereocenters. The second-order valence-corrected chi connectivity index (χ2v) is 4.28. The second-order valence-electron chi connectivity index (χ2n) is 3.50. The van der Waals surface area contributed by atoms with Gasteiger partial charge in [0.25, 0.3) is 0 Å². The molecule has 2 nitrogen and oxygen atoms in total. The summed E-state index contributed by atoms with van der Waals surface area (Å²) in [6.45, 7) is 4.12. The van der Waals surface area contributed by atoms with Gasteiger partial charge in [0, 0.05) is 19.1 Å². The van der Waals surface area contributed by atoms with Gasteiger partial charge in [-0.2, -0.15) is 11.3 Å². The molecule has 13 heavy (non-hydrogen) atoms. The van der Waals surface area contributed by atoms with Crippen molar-refractivity contribution in [3.05, 3.63) is 22.4 Å². The Balaban J connectivity index is 2.29. The predicted molar refractivity (Wildman–Crippen MR) is 58.9 cm³/mol. The zero-order valence-electron chi connectivity index (χ0n) is 8.36. The lowest BCUT2D eigenvalue weighted by atomic mass is 10.2. The molecule has 1 heterocycles. The summed E-state index contributed by atoms with van der Waals surface area (Å²) >= 11 is 1.75. The van der Waals surface area contributed by atoms with Crippen molar-refractivity contribution in [2.45, 2.75) is 25.9 Å². The first kappa shape index (κ1) is 10.7. The first-order valence-corrected chi connectivity index (χ1v) is 5.62. The molecule has 1 atom stereocenters. The third kappa shape index (κ3) is 3.89. The van der Waals surface area contributed by atoms with Crippen LogP contribution < -0.4 is 5.73 Å². The third-order valence-electron chi connectivity index (χ3n) is 2.10. The monoisotopic (exact) mass is 198 g/mol. The molecular formula is C10H18N2S. The van der Waals surface area contributed by atoms with E-state index in [1.54, 1.807) is 11.3 Å². The van der Waals surface area contributed by atoms with Crippen LogP contribution in [0, 0.1) is 0 Å². The maximum absolute atomic E-state index is 5.86. The van der Waals surface area contributed by atoms with Crippen LogP contribution in [0.5, 0.6) is 0 Å². The van der Waals surface area contributed by atoms with Gasteiger partial charge in [-0.1, -0.05) is 6.92 Å². The topological polar surface area (TPSA) is 29.3 Å². The SMILES string of the molecule is CCC(N)CN(C)Cc1ccsc1. The minimum absolute atomic E-state index is 0.309. The van der Waals surface area contributed by atoms with Crippen LogP contribution in [0.2, 0.25) is 0 Å².